The van der Waals surface area contributed by atoms with E-state index in [0.29, 0.717) is 10.1 Å². The lowest BCUT2D eigenvalue weighted by Gasteiger charge is -2.28. The molecule has 0 saturated carbocycles. The van der Waals surface area contributed by atoms with Crippen molar-refractivity contribution in [2.24, 2.45) is 7.05 Å². The molecule has 2 aromatic heterocycles. The number of aromatic nitrogens is 2. The summed E-state index contributed by atoms with van der Waals surface area (Å²) in [5.74, 6) is 0. The molecule has 1 aliphatic rings. The fraction of sp³-hybridized carbons (Fsp3) is 0.200. The average Bonchev–Trinajstić information content (AvgIpc) is 3.16. The lowest BCUT2D eigenvalue weighted by Crippen LogP contribution is -2.30. The number of anilines is 1. The highest BCUT2D eigenvalue weighted by molar-refractivity contribution is 7.80. The molecule has 4 rings (SSSR count). The lowest BCUT2D eigenvalue weighted by atomic mass is 10.0. The molecule has 1 aliphatic heterocycles. The molecule has 0 spiro atoms. The Labute approximate surface area is 163 Å². The van der Waals surface area contributed by atoms with Crippen molar-refractivity contribution >= 4 is 34.6 Å². The summed E-state index contributed by atoms with van der Waals surface area (Å²) in [5, 5.41) is 4.86. The first-order valence-corrected chi connectivity index (χ1v) is 9.23. The third-order valence-electron chi connectivity index (χ3n) is 4.92. The Morgan fingerprint density at radius 1 is 1.08 bits per heavy atom. The predicted octanol–water partition coefficient (Wildman–Crippen LogP) is 4.56. The summed E-state index contributed by atoms with van der Waals surface area (Å²) in [4.78, 5) is 6.72. The highest BCUT2D eigenvalue weighted by atomic mass is 35.5. The summed E-state index contributed by atoms with van der Waals surface area (Å²) in [6.45, 7) is 2.10. The zero-order chi connectivity index (χ0) is 18.3. The van der Waals surface area contributed by atoms with Gasteiger partial charge in [0.15, 0.2) is 5.11 Å². The van der Waals surface area contributed by atoms with Gasteiger partial charge in [0.25, 0.3) is 0 Å². The van der Waals surface area contributed by atoms with Gasteiger partial charge >= 0.3 is 0 Å². The average molecular weight is 383 g/mol. The van der Waals surface area contributed by atoms with Crippen molar-refractivity contribution < 1.29 is 0 Å². The minimum absolute atomic E-state index is 0.00252. The van der Waals surface area contributed by atoms with E-state index in [1.54, 1.807) is 0 Å². The number of rotatable bonds is 3. The molecule has 1 saturated heterocycles. The topological polar surface area (TPSA) is 33.1 Å². The van der Waals surface area contributed by atoms with Crippen LogP contribution in [0.1, 0.15) is 29.2 Å². The molecule has 0 amide bonds. The number of benzene rings is 1. The van der Waals surface area contributed by atoms with Gasteiger partial charge in [-0.05, 0) is 67.7 Å². The largest absolute Gasteiger partial charge is 0.351 e. The molecule has 2 unspecified atom stereocenters. The molecule has 3 aromatic rings. The number of halogens is 1. The fourth-order valence-electron chi connectivity index (χ4n) is 3.47. The van der Waals surface area contributed by atoms with E-state index in [1.165, 1.54) is 11.4 Å². The van der Waals surface area contributed by atoms with Gasteiger partial charge in [-0.1, -0.05) is 17.7 Å². The Balaban J connectivity index is 1.85. The lowest BCUT2D eigenvalue weighted by molar-refractivity contribution is 0.539. The SMILES string of the molecule is Cc1ccc(C2C(c3ccccn3)NC(=S)N2c2ccc(Cl)cc2)n1C. The molecule has 4 nitrogen and oxygen atoms in total. The first-order chi connectivity index (χ1) is 12.6. The molecule has 0 bridgehead atoms. The van der Waals surface area contributed by atoms with Gasteiger partial charge in [0.05, 0.1) is 11.7 Å². The van der Waals surface area contributed by atoms with E-state index >= 15 is 0 Å². The van der Waals surface area contributed by atoms with Crippen LogP contribution in [0.3, 0.4) is 0 Å². The van der Waals surface area contributed by atoms with E-state index in [9.17, 15) is 0 Å². The van der Waals surface area contributed by atoms with E-state index in [-0.39, 0.29) is 12.1 Å². The molecule has 1 fully saturated rings. The van der Waals surface area contributed by atoms with Crippen LogP contribution in [0.4, 0.5) is 5.69 Å². The van der Waals surface area contributed by atoms with Crippen molar-refractivity contribution in [3.63, 3.8) is 0 Å². The second-order valence-corrected chi connectivity index (χ2v) is 7.25. The van der Waals surface area contributed by atoms with Crippen LogP contribution in [-0.2, 0) is 7.05 Å². The van der Waals surface area contributed by atoms with Gasteiger partial charge in [0.2, 0.25) is 0 Å². The van der Waals surface area contributed by atoms with Crippen molar-refractivity contribution in [3.05, 3.63) is 82.9 Å². The number of nitrogens with one attached hydrogen (secondary N) is 1. The van der Waals surface area contributed by atoms with Crippen LogP contribution >= 0.6 is 23.8 Å². The van der Waals surface area contributed by atoms with Crippen LogP contribution in [0.15, 0.2) is 60.8 Å². The van der Waals surface area contributed by atoms with Gasteiger partial charge < -0.3 is 14.8 Å². The van der Waals surface area contributed by atoms with E-state index in [0.717, 1.165) is 11.4 Å². The van der Waals surface area contributed by atoms with E-state index < -0.39 is 0 Å². The number of nitrogens with zero attached hydrogens (tertiary/aromatic N) is 3. The second-order valence-electron chi connectivity index (χ2n) is 6.43. The van der Waals surface area contributed by atoms with Crippen LogP contribution in [0.5, 0.6) is 0 Å². The Hall–Kier alpha value is -2.37. The monoisotopic (exact) mass is 382 g/mol. The Kier molecular flexibility index (Phi) is 4.42. The van der Waals surface area contributed by atoms with Crippen LogP contribution in [0.25, 0.3) is 0 Å². The van der Waals surface area contributed by atoms with Gasteiger partial charge in [-0.25, -0.2) is 0 Å². The maximum atomic E-state index is 6.08. The van der Waals surface area contributed by atoms with E-state index in [1.807, 2.05) is 48.7 Å². The van der Waals surface area contributed by atoms with Crippen LogP contribution in [0.2, 0.25) is 5.02 Å². The molecule has 132 valence electrons. The predicted molar refractivity (Wildman–Crippen MR) is 110 cm³/mol. The van der Waals surface area contributed by atoms with Crippen LogP contribution in [0, 0.1) is 6.92 Å². The number of thiocarbonyl (C=S) groups is 1. The zero-order valence-corrected chi connectivity index (χ0v) is 16.1. The van der Waals surface area contributed by atoms with Gasteiger partial charge in [-0.2, -0.15) is 0 Å². The van der Waals surface area contributed by atoms with Crippen molar-refractivity contribution in [2.75, 3.05) is 4.90 Å². The van der Waals surface area contributed by atoms with Gasteiger partial charge in [0.1, 0.15) is 6.04 Å². The molecular weight excluding hydrogens is 364 g/mol. The summed E-state index contributed by atoms with van der Waals surface area (Å²) in [5.41, 5.74) is 4.36. The molecule has 26 heavy (non-hydrogen) atoms. The number of hydrogen-bond acceptors (Lipinski definition) is 2. The Morgan fingerprint density at radius 2 is 1.85 bits per heavy atom. The minimum Gasteiger partial charge on any atom is -0.351 e. The highest BCUT2D eigenvalue weighted by Crippen LogP contribution is 2.41. The zero-order valence-electron chi connectivity index (χ0n) is 14.6. The molecule has 1 N–H and O–H groups in total. The first-order valence-electron chi connectivity index (χ1n) is 8.44. The Bertz CT molecular complexity index is 936. The summed E-state index contributed by atoms with van der Waals surface area (Å²) in [6, 6.07) is 18.0. The summed E-state index contributed by atoms with van der Waals surface area (Å²) in [6.07, 6.45) is 1.82. The number of pyridine rings is 1. The smallest absolute Gasteiger partial charge is 0.174 e. The van der Waals surface area contributed by atoms with E-state index in [4.69, 9.17) is 23.8 Å². The third-order valence-corrected chi connectivity index (χ3v) is 5.48. The third kappa shape index (κ3) is 2.87. The second kappa shape index (κ2) is 6.74. The van der Waals surface area contributed by atoms with Crippen LogP contribution < -0.4 is 10.2 Å². The van der Waals surface area contributed by atoms with Crippen LogP contribution in [-0.4, -0.2) is 14.7 Å². The molecule has 6 heteroatoms. The molecular formula is C20H19ClN4S. The molecule has 0 radical (unpaired) electrons. The molecule has 3 heterocycles. The molecule has 2 atom stereocenters. The van der Waals surface area contributed by atoms with Gasteiger partial charge in [0, 0.05) is 35.3 Å². The molecule has 1 aromatic carbocycles. The normalized spacial score (nSPS) is 19.7. The molecule has 0 aliphatic carbocycles. The van der Waals surface area contributed by atoms with Crippen molar-refractivity contribution in [2.45, 2.75) is 19.0 Å². The number of hydrogen-bond donors (Lipinski definition) is 1. The van der Waals surface area contributed by atoms with Crippen molar-refractivity contribution in [3.8, 4) is 0 Å². The standard InChI is InChI=1S/C20H19ClN4S/c1-13-6-11-17(24(13)2)19-18(16-5-3-4-12-22-16)23-20(26)25(19)15-9-7-14(21)8-10-15/h3-12,18-19H,1-2H3,(H,23,26). The minimum atomic E-state index is -0.0348. The maximum Gasteiger partial charge on any atom is 0.174 e. The first kappa shape index (κ1) is 17.1. The summed E-state index contributed by atoms with van der Waals surface area (Å²) < 4.78 is 2.21. The maximum absolute atomic E-state index is 6.08. The van der Waals surface area contributed by atoms with E-state index in [2.05, 4.69) is 45.9 Å². The summed E-state index contributed by atoms with van der Waals surface area (Å²) in [7, 11) is 2.08. The fourth-order valence-corrected chi connectivity index (χ4v) is 3.94. The summed E-state index contributed by atoms with van der Waals surface area (Å²) >= 11 is 11.8. The number of aryl methyl sites for hydroxylation is 1. The highest BCUT2D eigenvalue weighted by Gasteiger charge is 2.41. The quantitative estimate of drug-likeness (QED) is 0.673. The van der Waals surface area contributed by atoms with Gasteiger partial charge in [-0.15, -0.1) is 0 Å². The van der Waals surface area contributed by atoms with Crippen molar-refractivity contribution in [1.82, 2.24) is 14.9 Å². The van der Waals surface area contributed by atoms with Gasteiger partial charge in [-0.3, -0.25) is 4.98 Å². The Morgan fingerprint density at radius 3 is 2.46 bits per heavy atom. The van der Waals surface area contributed by atoms with Crippen molar-refractivity contribution in [1.29, 1.82) is 0 Å².